The van der Waals surface area contributed by atoms with E-state index in [1.54, 1.807) is 10.7 Å². The number of ether oxygens (including phenoxy) is 1. The minimum absolute atomic E-state index is 0.149. The maximum Gasteiger partial charge on any atom is 0.229 e. The molecule has 1 atom stereocenters. The predicted octanol–water partition coefficient (Wildman–Crippen LogP) is 2.95. The lowest BCUT2D eigenvalue weighted by Gasteiger charge is -2.36. The number of pyridine rings is 1. The van der Waals surface area contributed by atoms with Gasteiger partial charge >= 0.3 is 0 Å². The minimum atomic E-state index is -0.166. The van der Waals surface area contributed by atoms with E-state index in [0.717, 1.165) is 41.0 Å². The minimum Gasteiger partial charge on any atom is -0.378 e. The third-order valence-electron chi connectivity index (χ3n) is 7.59. The third kappa shape index (κ3) is 4.89. The van der Waals surface area contributed by atoms with E-state index >= 15 is 0 Å². The Labute approximate surface area is 227 Å². The van der Waals surface area contributed by atoms with Gasteiger partial charge in [-0.05, 0) is 18.6 Å². The first-order chi connectivity index (χ1) is 19.1. The number of benzene rings is 1. The Balaban J connectivity index is 1.20. The molecule has 1 aromatic carbocycles. The summed E-state index contributed by atoms with van der Waals surface area (Å²) in [7, 11) is 0. The van der Waals surface area contributed by atoms with E-state index in [1.807, 2.05) is 60.7 Å². The van der Waals surface area contributed by atoms with Crippen LogP contribution in [0.5, 0.6) is 0 Å². The predicted molar refractivity (Wildman–Crippen MR) is 148 cm³/mol. The van der Waals surface area contributed by atoms with Crippen LogP contribution in [0, 0.1) is 11.3 Å². The molecule has 6 rings (SSSR count). The summed E-state index contributed by atoms with van der Waals surface area (Å²) in [5.74, 6) is 0.618. The maximum absolute atomic E-state index is 13.1. The number of nitrogens with zero attached hydrogens (tertiary/aromatic N) is 8. The Hall–Kier alpha value is -4.49. The van der Waals surface area contributed by atoms with Gasteiger partial charge in [0.05, 0.1) is 48.3 Å². The van der Waals surface area contributed by atoms with Crippen LogP contribution in [-0.2, 0) is 9.53 Å². The molecule has 0 saturated carbocycles. The molecule has 5 heterocycles. The molecule has 1 amide bonds. The van der Waals surface area contributed by atoms with Gasteiger partial charge in [0.25, 0.3) is 0 Å². The van der Waals surface area contributed by atoms with Crippen LogP contribution in [0.15, 0.2) is 61.2 Å². The molecule has 0 spiro atoms. The molecule has 0 aliphatic carbocycles. The number of rotatable bonds is 5. The average molecular weight is 523 g/mol. The van der Waals surface area contributed by atoms with Gasteiger partial charge in [-0.25, -0.2) is 14.5 Å². The van der Waals surface area contributed by atoms with Gasteiger partial charge in [0.1, 0.15) is 6.07 Å². The molecule has 2 fully saturated rings. The molecule has 10 heteroatoms. The number of hydrogen-bond donors (Lipinski definition) is 0. The first-order valence-electron chi connectivity index (χ1n) is 13.3. The normalized spacial score (nSPS) is 16.8. The number of amides is 1. The summed E-state index contributed by atoms with van der Waals surface area (Å²) in [4.78, 5) is 28.7. The fraction of sp³-hybridized carbons (Fsp3) is 0.345. The van der Waals surface area contributed by atoms with Gasteiger partial charge < -0.3 is 19.4 Å². The highest BCUT2D eigenvalue weighted by atomic mass is 16.5. The molecule has 0 unspecified atom stereocenters. The number of nitriles is 1. The van der Waals surface area contributed by atoms with Crippen molar-refractivity contribution in [3.63, 3.8) is 0 Å². The summed E-state index contributed by atoms with van der Waals surface area (Å²) in [5, 5.41) is 14.1. The number of carbonyl (C=O) groups excluding carboxylic acids is 1. The Morgan fingerprint density at radius 3 is 2.38 bits per heavy atom. The van der Waals surface area contributed by atoms with Crippen LogP contribution in [0.2, 0.25) is 0 Å². The first kappa shape index (κ1) is 24.8. The van der Waals surface area contributed by atoms with Crippen molar-refractivity contribution in [3.05, 3.63) is 72.3 Å². The van der Waals surface area contributed by atoms with Crippen molar-refractivity contribution in [2.75, 3.05) is 62.3 Å². The van der Waals surface area contributed by atoms with E-state index in [-0.39, 0.29) is 11.8 Å². The number of aromatic nitrogens is 4. The first-order valence-corrected chi connectivity index (χ1v) is 13.3. The van der Waals surface area contributed by atoms with E-state index in [9.17, 15) is 10.1 Å². The number of fused-ring (bicyclic) bond motifs is 1. The van der Waals surface area contributed by atoms with Crippen molar-refractivity contribution in [1.82, 2.24) is 24.5 Å². The smallest absolute Gasteiger partial charge is 0.229 e. The van der Waals surface area contributed by atoms with Crippen LogP contribution in [0.1, 0.15) is 24.0 Å². The molecule has 2 saturated heterocycles. The lowest BCUT2D eigenvalue weighted by molar-refractivity contribution is -0.132. The van der Waals surface area contributed by atoms with Crippen molar-refractivity contribution < 1.29 is 9.53 Å². The highest BCUT2D eigenvalue weighted by Crippen LogP contribution is 2.31. The molecule has 4 aromatic rings. The largest absolute Gasteiger partial charge is 0.378 e. The van der Waals surface area contributed by atoms with Gasteiger partial charge in [-0.2, -0.15) is 10.4 Å². The fourth-order valence-corrected chi connectivity index (χ4v) is 5.31. The van der Waals surface area contributed by atoms with Crippen LogP contribution in [-0.4, -0.2) is 82.9 Å². The molecule has 3 aromatic heterocycles. The molecule has 2 aliphatic rings. The van der Waals surface area contributed by atoms with E-state index in [0.29, 0.717) is 50.9 Å². The summed E-state index contributed by atoms with van der Waals surface area (Å²) in [6.45, 7) is 7.52. The van der Waals surface area contributed by atoms with Gasteiger partial charge in [0, 0.05) is 62.8 Å². The van der Waals surface area contributed by atoms with Crippen molar-refractivity contribution in [2.45, 2.75) is 12.8 Å². The van der Waals surface area contributed by atoms with Gasteiger partial charge in [0.2, 0.25) is 11.9 Å². The summed E-state index contributed by atoms with van der Waals surface area (Å²) < 4.78 is 7.28. The highest BCUT2D eigenvalue weighted by molar-refractivity contribution is 5.86. The Bertz CT molecular complexity index is 1500. The molecular weight excluding hydrogens is 492 g/mol. The summed E-state index contributed by atoms with van der Waals surface area (Å²) >= 11 is 0. The maximum atomic E-state index is 13.1. The number of piperazine rings is 1. The Morgan fingerprint density at radius 1 is 0.974 bits per heavy atom. The van der Waals surface area contributed by atoms with E-state index in [1.165, 1.54) is 0 Å². The SMILES string of the molecule is C[C@@H](C(=O)N1CCN(c2ncc(-c3cc(N4CCOCC4)cn4ncc(C#N)c34)cn2)CC1)c1ccccc1. The number of anilines is 2. The van der Waals surface area contributed by atoms with Gasteiger partial charge in [0.15, 0.2) is 0 Å². The molecule has 0 N–H and O–H groups in total. The average Bonchev–Trinajstić information content (AvgIpc) is 3.44. The molecule has 2 aliphatic heterocycles. The Kier molecular flexibility index (Phi) is 6.82. The second-order valence-corrected chi connectivity index (χ2v) is 9.89. The number of morpholine rings is 1. The molecule has 198 valence electrons. The zero-order valence-electron chi connectivity index (χ0n) is 21.9. The molecule has 0 radical (unpaired) electrons. The van der Waals surface area contributed by atoms with E-state index in [4.69, 9.17) is 4.74 Å². The third-order valence-corrected chi connectivity index (χ3v) is 7.59. The van der Waals surface area contributed by atoms with Gasteiger partial charge in [-0.15, -0.1) is 0 Å². The van der Waals surface area contributed by atoms with Gasteiger partial charge in [-0.1, -0.05) is 30.3 Å². The monoisotopic (exact) mass is 522 g/mol. The zero-order chi connectivity index (χ0) is 26.8. The fourth-order valence-electron chi connectivity index (χ4n) is 5.31. The zero-order valence-corrected chi connectivity index (χ0v) is 21.9. The second kappa shape index (κ2) is 10.7. The number of hydrogen-bond acceptors (Lipinski definition) is 8. The van der Waals surface area contributed by atoms with E-state index in [2.05, 4.69) is 37.0 Å². The molecule has 0 bridgehead atoms. The molecular formula is C29H30N8O2. The number of carbonyl (C=O) groups is 1. The van der Waals surface area contributed by atoms with Gasteiger partial charge in [-0.3, -0.25) is 4.79 Å². The van der Waals surface area contributed by atoms with E-state index < -0.39 is 0 Å². The van der Waals surface area contributed by atoms with Crippen molar-refractivity contribution in [3.8, 4) is 17.2 Å². The van der Waals surface area contributed by atoms with Crippen LogP contribution in [0.25, 0.3) is 16.6 Å². The highest BCUT2D eigenvalue weighted by Gasteiger charge is 2.27. The van der Waals surface area contributed by atoms with Crippen LogP contribution in [0.3, 0.4) is 0 Å². The quantitative estimate of drug-likeness (QED) is 0.394. The standard InChI is InChI=1S/C29H30N8O2/c1-21(22-5-3-2-4-6-22)28(38)35-7-9-36(10-8-35)29-31-17-24(18-32-29)26-15-25(34-11-13-39-14-12-34)20-37-27(26)23(16-30)19-33-37/h2-6,15,17-21H,7-14H2,1H3/t21-/m1/s1. The topological polar surface area (TPSA) is 103 Å². The Morgan fingerprint density at radius 2 is 1.69 bits per heavy atom. The lowest BCUT2D eigenvalue weighted by Crippen LogP contribution is -2.50. The molecule has 39 heavy (non-hydrogen) atoms. The summed E-state index contributed by atoms with van der Waals surface area (Å²) in [5.41, 5.74) is 4.99. The van der Waals surface area contributed by atoms with Crippen LogP contribution >= 0.6 is 0 Å². The summed E-state index contributed by atoms with van der Waals surface area (Å²) in [6, 6.07) is 14.2. The van der Waals surface area contributed by atoms with Crippen molar-refractivity contribution >= 4 is 23.1 Å². The lowest BCUT2D eigenvalue weighted by atomic mass is 9.99. The summed E-state index contributed by atoms with van der Waals surface area (Å²) in [6.07, 6.45) is 7.17. The van der Waals surface area contributed by atoms with Crippen molar-refractivity contribution in [1.29, 1.82) is 5.26 Å². The van der Waals surface area contributed by atoms with Crippen molar-refractivity contribution in [2.24, 2.45) is 0 Å². The van der Waals surface area contributed by atoms with Crippen LogP contribution < -0.4 is 9.80 Å². The second-order valence-electron chi connectivity index (χ2n) is 9.89. The van der Waals surface area contributed by atoms with Crippen LogP contribution in [0.4, 0.5) is 11.6 Å². The molecule has 10 nitrogen and oxygen atoms in total.